The number of hydrogen-bond acceptors (Lipinski definition) is 2. The molecule has 0 unspecified atom stereocenters. The molecule has 0 saturated heterocycles. The van der Waals surface area contributed by atoms with Crippen molar-refractivity contribution in [2.45, 2.75) is 30.7 Å². The Morgan fingerprint density at radius 2 is 1.61 bits per heavy atom. The van der Waals surface area contributed by atoms with Gasteiger partial charge in [0.05, 0.1) is 16.6 Å². The molecule has 28 heavy (non-hydrogen) atoms. The van der Waals surface area contributed by atoms with Crippen LogP contribution < -0.4 is 4.31 Å². The lowest BCUT2D eigenvalue weighted by molar-refractivity contribution is 0.579. The first-order chi connectivity index (χ1) is 13.6. The molecule has 0 fully saturated rings. The molecule has 3 nitrogen and oxygen atoms in total. The molecule has 1 atom stereocenters. The Kier molecular flexibility index (Phi) is 5.05. The fraction of sp³-hybridized carbons (Fsp3) is 0.167. The largest absolute Gasteiger partial charge is 0.264 e. The number of para-hydroxylation sites is 1. The van der Waals surface area contributed by atoms with E-state index in [1.54, 1.807) is 16.4 Å². The molecular formula is C24H23NO2S. The van der Waals surface area contributed by atoms with Crippen LogP contribution >= 0.6 is 0 Å². The Labute approximate surface area is 167 Å². The minimum atomic E-state index is -3.61. The quantitative estimate of drug-likeness (QED) is 0.600. The lowest BCUT2D eigenvalue weighted by Crippen LogP contribution is -2.37. The zero-order valence-electron chi connectivity index (χ0n) is 15.8. The number of fused-ring (bicyclic) bond motifs is 1. The summed E-state index contributed by atoms with van der Waals surface area (Å²) in [4.78, 5) is 0.340. The summed E-state index contributed by atoms with van der Waals surface area (Å²) >= 11 is 0. The molecule has 1 aliphatic rings. The molecule has 0 N–H and O–H groups in total. The monoisotopic (exact) mass is 389 g/mol. The maximum absolute atomic E-state index is 13.5. The molecule has 0 radical (unpaired) electrons. The summed E-state index contributed by atoms with van der Waals surface area (Å²) in [6, 6.07) is 24.8. The van der Waals surface area contributed by atoms with Crippen LogP contribution in [0.15, 0.2) is 89.8 Å². The highest BCUT2D eigenvalue weighted by Gasteiger charge is 2.37. The Morgan fingerprint density at radius 3 is 2.36 bits per heavy atom. The van der Waals surface area contributed by atoms with Crippen molar-refractivity contribution in [3.63, 3.8) is 0 Å². The second kappa shape index (κ2) is 7.64. The number of benzene rings is 3. The Balaban J connectivity index is 1.66. The Hall–Kier alpha value is -2.85. The van der Waals surface area contributed by atoms with Crippen LogP contribution in [0, 0.1) is 6.92 Å². The van der Waals surface area contributed by atoms with E-state index in [1.165, 1.54) is 0 Å². The maximum Gasteiger partial charge on any atom is 0.264 e. The molecule has 142 valence electrons. The molecule has 0 spiro atoms. The van der Waals surface area contributed by atoms with Gasteiger partial charge >= 0.3 is 0 Å². The van der Waals surface area contributed by atoms with Gasteiger partial charge in [0.15, 0.2) is 0 Å². The summed E-state index contributed by atoms with van der Waals surface area (Å²) in [7, 11) is -3.61. The molecule has 0 aromatic heterocycles. The van der Waals surface area contributed by atoms with Crippen LogP contribution in [0.3, 0.4) is 0 Å². The molecule has 0 bridgehead atoms. The fourth-order valence-electron chi connectivity index (χ4n) is 3.69. The van der Waals surface area contributed by atoms with Crippen molar-refractivity contribution in [3.05, 3.63) is 102 Å². The summed E-state index contributed by atoms with van der Waals surface area (Å²) in [6.07, 6.45) is 5.51. The number of rotatable bonds is 5. The lowest BCUT2D eigenvalue weighted by Gasteiger charge is -2.26. The first-order valence-corrected chi connectivity index (χ1v) is 10.9. The number of hydrogen-bond donors (Lipinski definition) is 0. The van der Waals surface area contributed by atoms with Crippen molar-refractivity contribution in [2.24, 2.45) is 0 Å². The van der Waals surface area contributed by atoms with Gasteiger partial charge in [0.1, 0.15) is 0 Å². The third-order valence-electron chi connectivity index (χ3n) is 5.11. The normalized spacial score (nSPS) is 16.5. The number of anilines is 1. The van der Waals surface area contributed by atoms with E-state index in [-0.39, 0.29) is 6.04 Å². The van der Waals surface area contributed by atoms with Crippen LogP contribution in [0.4, 0.5) is 5.69 Å². The van der Waals surface area contributed by atoms with Gasteiger partial charge in [-0.1, -0.05) is 78.4 Å². The highest BCUT2D eigenvalue weighted by atomic mass is 32.2. The van der Waals surface area contributed by atoms with E-state index >= 15 is 0 Å². The number of sulfonamides is 1. The summed E-state index contributed by atoms with van der Waals surface area (Å²) in [5.74, 6) is 0. The molecule has 1 aliphatic heterocycles. The second-order valence-corrected chi connectivity index (χ2v) is 8.96. The molecule has 0 aliphatic carbocycles. The molecule has 0 amide bonds. The summed E-state index contributed by atoms with van der Waals surface area (Å²) in [5, 5.41) is 0. The minimum Gasteiger partial charge on any atom is -0.262 e. The van der Waals surface area contributed by atoms with Crippen molar-refractivity contribution in [1.82, 2.24) is 0 Å². The summed E-state index contributed by atoms with van der Waals surface area (Å²) < 4.78 is 28.5. The maximum atomic E-state index is 13.5. The van der Waals surface area contributed by atoms with E-state index in [1.807, 2.05) is 73.7 Å². The molecular weight excluding hydrogens is 366 g/mol. The average molecular weight is 390 g/mol. The topological polar surface area (TPSA) is 37.4 Å². The van der Waals surface area contributed by atoms with Gasteiger partial charge in [0.25, 0.3) is 10.0 Å². The van der Waals surface area contributed by atoms with E-state index in [0.29, 0.717) is 11.3 Å². The van der Waals surface area contributed by atoms with Gasteiger partial charge in [-0.3, -0.25) is 4.31 Å². The molecule has 4 rings (SSSR count). The lowest BCUT2D eigenvalue weighted by atomic mass is 10.1. The smallest absolute Gasteiger partial charge is 0.262 e. The van der Waals surface area contributed by atoms with Crippen LogP contribution in [-0.4, -0.2) is 14.5 Å². The van der Waals surface area contributed by atoms with Crippen LogP contribution in [0.5, 0.6) is 0 Å². The summed E-state index contributed by atoms with van der Waals surface area (Å²) in [6.45, 7) is 1.96. The first kappa shape index (κ1) is 18.5. The Morgan fingerprint density at radius 1 is 0.929 bits per heavy atom. The van der Waals surface area contributed by atoms with Gasteiger partial charge in [-0.05, 0) is 49.1 Å². The van der Waals surface area contributed by atoms with Gasteiger partial charge < -0.3 is 0 Å². The zero-order chi connectivity index (χ0) is 19.6. The van der Waals surface area contributed by atoms with E-state index < -0.39 is 10.0 Å². The van der Waals surface area contributed by atoms with Gasteiger partial charge in [-0.2, -0.15) is 0 Å². The van der Waals surface area contributed by atoms with Crippen LogP contribution in [-0.2, 0) is 16.4 Å². The van der Waals surface area contributed by atoms with E-state index in [0.717, 1.165) is 28.8 Å². The highest BCUT2D eigenvalue weighted by Crippen LogP contribution is 2.38. The standard InChI is InChI=1S/C24H23NO2S/c1-19-14-16-23(17-15-19)28(26,27)25-22(18-21-11-5-6-13-24(21)25)12-7-10-20-8-3-2-4-9-20/h2-11,13-17,22H,12,18H2,1H3/t22-/m1/s1. The highest BCUT2D eigenvalue weighted by molar-refractivity contribution is 7.92. The van der Waals surface area contributed by atoms with Gasteiger partial charge in [-0.25, -0.2) is 8.42 Å². The second-order valence-electron chi connectivity index (χ2n) is 7.15. The van der Waals surface area contributed by atoms with Crippen molar-refractivity contribution >= 4 is 21.8 Å². The minimum absolute atomic E-state index is 0.122. The van der Waals surface area contributed by atoms with Gasteiger partial charge in [0.2, 0.25) is 0 Å². The number of aryl methyl sites for hydroxylation is 1. The van der Waals surface area contributed by atoms with E-state index in [9.17, 15) is 8.42 Å². The van der Waals surface area contributed by atoms with Gasteiger partial charge in [-0.15, -0.1) is 0 Å². The van der Waals surface area contributed by atoms with E-state index in [4.69, 9.17) is 0 Å². The molecule has 0 saturated carbocycles. The van der Waals surface area contributed by atoms with Gasteiger partial charge in [0, 0.05) is 0 Å². The van der Waals surface area contributed by atoms with Crippen molar-refractivity contribution in [2.75, 3.05) is 4.31 Å². The van der Waals surface area contributed by atoms with E-state index in [2.05, 4.69) is 12.2 Å². The predicted molar refractivity (Wildman–Crippen MR) is 115 cm³/mol. The predicted octanol–water partition coefficient (Wildman–Crippen LogP) is 5.22. The van der Waals surface area contributed by atoms with Crippen molar-refractivity contribution < 1.29 is 8.42 Å². The van der Waals surface area contributed by atoms with Crippen LogP contribution in [0.25, 0.3) is 6.08 Å². The average Bonchev–Trinajstić information content (AvgIpc) is 3.08. The molecule has 4 heteroatoms. The first-order valence-electron chi connectivity index (χ1n) is 9.46. The third kappa shape index (κ3) is 3.60. The third-order valence-corrected chi connectivity index (χ3v) is 6.99. The SMILES string of the molecule is Cc1ccc(S(=O)(=O)N2c3ccccc3C[C@H]2CC=Cc2ccccc2)cc1. The molecule has 1 heterocycles. The zero-order valence-corrected chi connectivity index (χ0v) is 16.6. The summed E-state index contributed by atoms with van der Waals surface area (Å²) in [5.41, 5.74) is 4.03. The fourth-order valence-corrected chi connectivity index (χ4v) is 5.38. The molecule has 3 aromatic carbocycles. The molecule has 3 aromatic rings. The Bertz CT molecular complexity index is 1090. The number of nitrogens with zero attached hydrogens (tertiary/aromatic N) is 1. The van der Waals surface area contributed by atoms with Crippen molar-refractivity contribution in [1.29, 1.82) is 0 Å². The van der Waals surface area contributed by atoms with Crippen molar-refractivity contribution in [3.8, 4) is 0 Å². The van der Waals surface area contributed by atoms with Crippen LogP contribution in [0.2, 0.25) is 0 Å². The van der Waals surface area contributed by atoms with Crippen LogP contribution in [0.1, 0.15) is 23.1 Å².